The van der Waals surface area contributed by atoms with E-state index in [1.807, 2.05) is 0 Å². The number of nitrogens with two attached hydrogens (primary N) is 3. The highest BCUT2D eigenvalue weighted by Gasteiger charge is 2.44. The van der Waals surface area contributed by atoms with Crippen LogP contribution in [0.2, 0.25) is 0 Å². The van der Waals surface area contributed by atoms with Crippen molar-refractivity contribution in [1.82, 2.24) is 78.7 Å². The Morgan fingerprint density at radius 3 is 1.95 bits per heavy atom. The van der Waals surface area contributed by atoms with Crippen LogP contribution in [0, 0.1) is 11.8 Å². The van der Waals surface area contributed by atoms with Crippen LogP contribution < -0.4 is 81.0 Å². The normalized spacial score (nSPS) is 26.9. The minimum Gasteiger partial charge on any atom is -0.391 e. The number of fused-ring (bicyclic) bond motifs is 6. The Balaban J connectivity index is 1.59. The van der Waals surface area contributed by atoms with Gasteiger partial charge in [-0.05, 0) is 56.9 Å². The molecule has 0 spiro atoms. The number of rotatable bonds is 19. The van der Waals surface area contributed by atoms with E-state index in [1.165, 1.54) is 12.5 Å². The number of H-pyrrole nitrogens is 1. The first kappa shape index (κ1) is 75.3. The molecule has 2 bridgehead atoms. The van der Waals surface area contributed by atoms with Crippen LogP contribution in [0.1, 0.15) is 91.2 Å². The number of unbranched alkanes of at least 4 members (excludes halogenated alkanes) is 1. The largest absolute Gasteiger partial charge is 0.391 e. The average Bonchev–Trinajstić information content (AvgIpc) is 1.68. The van der Waals surface area contributed by atoms with Crippen molar-refractivity contribution < 1.29 is 77.0 Å². The number of aromatic nitrogens is 2. The van der Waals surface area contributed by atoms with Crippen molar-refractivity contribution in [1.29, 1.82) is 0 Å². The Kier molecular flexibility index (Phi) is 30.5. The molecule has 92 heavy (non-hydrogen) atoms. The van der Waals surface area contributed by atoms with Crippen LogP contribution in [0.4, 0.5) is 0 Å². The number of nitrogens with one attached hydrogen (secondary N) is 13. The van der Waals surface area contributed by atoms with Crippen LogP contribution >= 0.6 is 43.2 Å². The van der Waals surface area contributed by atoms with Crippen molar-refractivity contribution in [2.24, 2.45) is 29.0 Å². The Morgan fingerprint density at radius 2 is 1.33 bits per heavy atom. The van der Waals surface area contributed by atoms with Gasteiger partial charge in [0.1, 0.15) is 66.5 Å². The number of aliphatic hydroxyl groups excluding tert-OH is 1. The van der Waals surface area contributed by atoms with Crippen molar-refractivity contribution in [2.45, 2.75) is 164 Å². The second-order valence-electron chi connectivity index (χ2n) is 23.1. The molecule has 1 aromatic heterocycles. The maximum Gasteiger partial charge on any atom is 0.246 e. The smallest absolute Gasteiger partial charge is 0.246 e. The zero-order chi connectivity index (χ0) is 67.8. The summed E-state index contributed by atoms with van der Waals surface area (Å²) in [5, 5.41) is 41.7. The first-order valence-electron chi connectivity index (χ1n) is 29.9. The van der Waals surface area contributed by atoms with Crippen molar-refractivity contribution in [2.75, 3.05) is 49.2 Å². The van der Waals surface area contributed by atoms with Crippen LogP contribution in [-0.4, -0.2) is 230 Å². The summed E-state index contributed by atoms with van der Waals surface area (Å²) in [6.07, 6.45) is 0.987. The molecule has 4 aliphatic rings. The topological polar surface area (TPSA) is 531 Å². The molecule has 38 heteroatoms. The molecule has 0 radical (unpaired) electrons. The summed E-state index contributed by atoms with van der Waals surface area (Å²) >= 11 is 0. The number of primary amides is 2. The Morgan fingerprint density at radius 1 is 0.696 bits per heavy atom. The standard InChI is InChI=1S/C54H84N18O16S4/c1-25(2)13-32-49(83)69-36-22-92-90-21-35(46(80)60-17-41(76)63-31(8-10-39(56)74)48(82)64-29(47(81)65-32)7-5-6-12-55)68-51(85)37(70-53(87)43(26(3)4)71-42(77)18-59-45(79)30-9-11-40(75)62-30)23-91-89-20-34(44(57)78)67-52(86)38-15-28(73)19-72(38)54(88)33(66-50(36)84)14-27-16-58-24-61-27/h16,24-26,28-38,43,73H,5-15,17-23,55H2,1-4H3,(H2,56,74)(H2,57,78)(H,58,61)(H,59,79)(H,60,80)(H,62,75)(H,63,76)(H,64,82)(H,65,81)(H,66,84)(H,67,86)(H,68,85)(H,69,83)(H,70,87)(H,71,77)/t28-,29+,30+,31+,32+,33+,34+,35+,36+,37+,38+,43+/m1/s1. The van der Waals surface area contributed by atoms with Gasteiger partial charge in [0.15, 0.2) is 0 Å². The minimum atomic E-state index is -1.62. The zero-order valence-electron chi connectivity index (χ0n) is 51.3. The van der Waals surface area contributed by atoms with Crippen molar-refractivity contribution >= 4 is 132 Å². The summed E-state index contributed by atoms with van der Waals surface area (Å²) in [5.41, 5.74) is 17.3. The van der Waals surface area contributed by atoms with E-state index in [0.29, 0.717) is 12.1 Å². The highest BCUT2D eigenvalue weighted by Crippen LogP contribution is 2.27. The van der Waals surface area contributed by atoms with Gasteiger partial charge in [-0.15, -0.1) is 0 Å². The molecule has 5 heterocycles. The lowest BCUT2D eigenvalue weighted by Crippen LogP contribution is -2.61. The summed E-state index contributed by atoms with van der Waals surface area (Å²) in [6, 6.07) is -15.8. The fourth-order valence-corrected chi connectivity index (χ4v) is 14.5. The quantitative estimate of drug-likeness (QED) is 0.0452. The van der Waals surface area contributed by atoms with Gasteiger partial charge >= 0.3 is 0 Å². The summed E-state index contributed by atoms with van der Waals surface area (Å²) in [7, 11) is 3.60. The van der Waals surface area contributed by atoms with Gasteiger partial charge in [0, 0.05) is 67.1 Å². The number of carbonyl (C=O) groups is 15. The molecular weight excluding hydrogens is 1280 g/mol. The fraction of sp³-hybridized carbons (Fsp3) is 0.667. The Hall–Kier alpha value is -7.42. The molecule has 510 valence electrons. The van der Waals surface area contributed by atoms with Crippen LogP contribution in [0.3, 0.4) is 0 Å². The number of hydrogen-bond acceptors (Lipinski definition) is 22. The fourth-order valence-electron chi connectivity index (χ4n) is 9.84. The van der Waals surface area contributed by atoms with E-state index in [2.05, 4.69) is 73.8 Å². The first-order valence-corrected chi connectivity index (χ1v) is 34.9. The summed E-state index contributed by atoms with van der Waals surface area (Å²) in [6.45, 7) is 5.02. The molecule has 20 N–H and O–H groups in total. The van der Waals surface area contributed by atoms with Crippen LogP contribution in [0.15, 0.2) is 12.5 Å². The number of imidazole rings is 1. The number of carbonyl (C=O) groups excluding carboxylic acids is 15. The van der Waals surface area contributed by atoms with E-state index in [0.717, 1.165) is 48.1 Å². The molecule has 0 aliphatic carbocycles. The second kappa shape index (κ2) is 37.3. The average molecular weight is 1370 g/mol. The molecule has 0 unspecified atom stereocenters. The third kappa shape index (κ3) is 24.2. The summed E-state index contributed by atoms with van der Waals surface area (Å²) in [5.74, 6) is -15.4. The van der Waals surface area contributed by atoms with Gasteiger partial charge in [0.25, 0.3) is 0 Å². The van der Waals surface area contributed by atoms with Gasteiger partial charge in [0.2, 0.25) is 88.6 Å². The van der Waals surface area contributed by atoms with Gasteiger partial charge in [-0.3, -0.25) is 71.9 Å². The van der Waals surface area contributed by atoms with Gasteiger partial charge in [-0.2, -0.15) is 0 Å². The van der Waals surface area contributed by atoms with Crippen molar-refractivity contribution in [3.63, 3.8) is 0 Å². The molecule has 4 aliphatic heterocycles. The van der Waals surface area contributed by atoms with E-state index in [1.54, 1.807) is 27.7 Å². The lowest BCUT2D eigenvalue weighted by Gasteiger charge is -2.31. The molecule has 34 nitrogen and oxygen atoms in total. The molecule has 12 atom stereocenters. The lowest BCUT2D eigenvalue weighted by molar-refractivity contribution is -0.142. The molecular formula is C54H84N18O16S4. The molecule has 0 aromatic carbocycles. The van der Waals surface area contributed by atoms with E-state index in [9.17, 15) is 77.0 Å². The highest BCUT2D eigenvalue weighted by atomic mass is 33.1. The number of aromatic amines is 1. The number of amides is 15. The second-order valence-corrected chi connectivity index (χ2v) is 28.2. The van der Waals surface area contributed by atoms with Crippen LogP contribution in [-0.2, 0) is 78.3 Å². The van der Waals surface area contributed by atoms with Gasteiger partial charge in [-0.1, -0.05) is 70.9 Å². The Bertz CT molecular complexity index is 2840. The molecule has 0 saturated carbocycles. The van der Waals surface area contributed by atoms with Crippen LogP contribution in [0.5, 0.6) is 0 Å². The lowest BCUT2D eigenvalue weighted by atomic mass is 10.0. The van der Waals surface area contributed by atoms with Gasteiger partial charge < -0.3 is 96.0 Å². The van der Waals surface area contributed by atoms with Gasteiger partial charge in [-0.25, -0.2) is 4.98 Å². The number of aliphatic hydroxyl groups is 1. The Labute approximate surface area is 545 Å². The summed E-state index contributed by atoms with van der Waals surface area (Å²) < 4.78 is 0. The molecule has 15 amide bonds. The summed E-state index contributed by atoms with van der Waals surface area (Å²) in [4.78, 5) is 215. The van der Waals surface area contributed by atoms with Crippen molar-refractivity contribution in [3.8, 4) is 0 Å². The molecule has 1 aromatic rings. The zero-order valence-corrected chi connectivity index (χ0v) is 54.6. The molecule has 5 rings (SSSR count). The molecule has 4 fully saturated rings. The highest BCUT2D eigenvalue weighted by molar-refractivity contribution is 8.77. The van der Waals surface area contributed by atoms with Crippen LogP contribution in [0.25, 0.3) is 0 Å². The monoisotopic (exact) mass is 1370 g/mol. The molecule has 4 saturated heterocycles. The SMILES string of the molecule is CC(C)C[C@@H]1NC(=O)[C@H](CCCCN)NC(=O)[C@H](CCC(N)=O)NC(=O)CNC(=O)[C@@H]2CSSC[C@H](NC1=O)C(=O)N[C@@H](Cc1cnc[nH]1)C(=O)N1C[C@H](O)C[C@H]1C(=O)N[C@H](C(N)=O)CSSC[C@H](NC(=O)[C@@H](NC(=O)CNC(=O)[C@@H]1CCC(=O)N1)C(C)C)C(=O)N2. The van der Waals surface area contributed by atoms with Gasteiger partial charge in [0.05, 0.1) is 25.5 Å². The minimum absolute atomic E-state index is 0.0285. The van der Waals surface area contributed by atoms with Crippen molar-refractivity contribution in [3.05, 3.63) is 18.2 Å². The maximum atomic E-state index is 14.9. The maximum absolute atomic E-state index is 14.9. The predicted octanol–water partition coefficient (Wildman–Crippen LogP) is -6.84. The van der Waals surface area contributed by atoms with E-state index in [4.69, 9.17) is 17.2 Å². The third-order valence-corrected chi connectivity index (χ3v) is 19.6. The van der Waals surface area contributed by atoms with E-state index < -0.39 is 187 Å². The van der Waals surface area contributed by atoms with E-state index in [-0.39, 0.29) is 92.7 Å². The predicted molar refractivity (Wildman–Crippen MR) is 338 cm³/mol. The van der Waals surface area contributed by atoms with E-state index >= 15 is 0 Å². The first-order chi connectivity index (χ1) is 43.6. The third-order valence-electron chi connectivity index (χ3n) is 14.8. The number of nitrogens with zero attached hydrogens (tertiary/aromatic N) is 2. The number of hydrogen-bond donors (Lipinski definition) is 17.